The Labute approximate surface area is 190 Å². The Balaban J connectivity index is 2.02. The fraction of sp³-hybridized carbons (Fsp3) is 0.105. The van der Waals surface area contributed by atoms with E-state index < -0.39 is 0 Å². The Morgan fingerprint density at radius 2 is 1.69 bits per heavy atom. The summed E-state index contributed by atoms with van der Waals surface area (Å²) in [7, 11) is 0. The van der Waals surface area contributed by atoms with Crippen molar-refractivity contribution in [3.63, 3.8) is 0 Å². The molecular formula is C19H17N3O8S2. The van der Waals surface area contributed by atoms with E-state index in [4.69, 9.17) is 10.5 Å². The number of hydrogen-bond donors (Lipinski definition) is 4. The third-order valence-corrected chi connectivity index (χ3v) is 5.48. The molecule has 0 fully saturated rings. The molecule has 0 aliphatic heterocycles. The highest BCUT2D eigenvalue weighted by molar-refractivity contribution is 7.95. The molecule has 1 amide bonds. The van der Waals surface area contributed by atoms with Crippen LogP contribution >= 0.6 is 24.1 Å². The Hall–Kier alpha value is -2.75. The summed E-state index contributed by atoms with van der Waals surface area (Å²) in [6, 6.07) is 11.6. The van der Waals surface area contributed by atoms with E-state index in [0.29, 0.717) is 39.1 Å². The van der Waals surface area contributed by atoms with Crippen LogP contribution in [0.3, 0.4) is 0 Å². The molecule has 3 aromatic rings. The third-order valence-electron chi connectivity index (χ3n) is 4.12. The highest BCUT2D eigenvalue weighted by Crippen LogP contribution is 2.44. The van der Waals surface area contributed by atoms with E-state index in [1.54, 1.807) is 42.5 Å². The van der Waals surface area contributed by atoms with Crippen LogP contribution < -0.4 is 5.32 Å². The van der Waals surface area contributed by atoms with Gasteiger partial charge in [-0.3, -0.25) is 4.79 Å². The van der Waals surface area contributed by atoms with Gasteiger partial charge in [0.2, 0.25) is 5.91 Å². The number of carbonyl (C=O) groups excluding carboxylic acids is 1. The molecule has 0 atom stereocenters. The minimum absolute atomic E-state index is 0.0662. The normalized spacial score (nSPS) is 11.4. The Bertz CT molecular complexity index is 1160. The molecular weight excluding hydrogens is 462 g/mol. The average Bonchev–Trinajstić information content (AvgIpc) is 2.76. The average molecular weight is 479 g/mol. The standard InChI is InChI=1S/C19H17N3O8S2/c1-10-3-4-14(9-16(10)31-29-27-25)21-22-18-17(32-30-28-26)8-12-7-13(20-11(2)23)5-6-15(12)19(18)24/h3-9,24-26H,1-2H3,(H,20,23). The maximum atomic E-state index is 11.3. The molecule has 0 bridgehead atoms. The Morgan fingerprint density at radius 3 is 2.38 bits per heavy atom. The molecule has 0 aliphatic carbocycles. The van der Waals surface area contributed by atoms with E-state index in [1.807, 2.05) is 6.92 Å². The number of amides is 1. The minimum atomic E-state index is -0.239. The fourth-order valence-electron chi connectivity index (χ4n) is 2.75. The second-order valence-electron chi connectivity index (χ2n) is 6.29. The summed E-state index contributed by atoms with van der Waals surface area (Å²) < 4.78 is 8.98. The third kappa shape index (κ3) is 5.93. The van der Waals surface area contributed by atoms with Gasteiger partial charge < -0.3 is 10.4 Å². The van der Waals surface area contributed by atoms with Gasteiger partial charge in [0.1, 0.15) is 5.69 Å². The van der Waals surface area contributed by atoms with Crippen molar-refractivity contribution >= 4 is 57.8 Å². The molecule has 3 rings (SSSR count). The summed E-state index contributed by atoms with van der Waals surface area (Å²) in [5.41, 5.74) is 1.87. The summed E-state index contributed by atoms with van der Waals surface area (Å²) in [6.07, 6.45) is 0. The van der Waals surface area contributed by atoms with Crippen molar-refractivity contribution in [3.05, 3.63) is 48.0 Å². The van der Waals surface area contributed by atoms with Crippen LogP contribution in [0.2, 0.25) is 0 Å². The number of benzene rings is 3. The summed E-state index contributed by atoms with van der Waals surface area (Å²) in [5.74, 6) is -0.430. The second-order valence-corrected chi connectivity index (χ2v) is 7.78. The maximum absolute atomic E-state index is 11.3. The molecule has 4 N–H and O–H groups in total. The zero-order valence-electron chi connectivity index (χ0n) is 16.6. The second kappa shape index (κ2) is 11.2. The van der Waals surface area contributed by atoms with Gasteiger partial charge in [0, 0.05) is 22.9 Å². The number of fused-ring (bicyclic) bond motifs is 1. The van der Waals surface area contributed by atoms with Crippen molar-refractivity contribution < 1.29 is 39.2 Å². The molecule has 0 aromatic heterocycles. The first kappa shape index (κ1) is 23.9. The summed E-state index contributed by atoms with van der Waals surface area (Å²) in [6.45, 7) is 3.21. The van der Waals surface area contributed by atoms with Crippen molar-refractivity contribution in [3.8, 4) is 5.75 Å². The molecule has 32 heavy (non-hydrogen) atoms. The molecule has 0 saturated heterocycles. The first-order valence-electron chi connectivity index (χ1n) is 8.82. The number of carbonyl (C=O) groups is 1. The van der Waals surface area contributed by atoms with Gasteiger partial charge in [-0.2, -0.15) is 5.11 Å². The summed E-state index contributed by atoms with van der Waals surface area (Å²) in [5, 5.41) is 46.9. The van der Waals surface area contributed by atoms with Crippen LogP contribution in [0.5, 0.6) is 5.75 Å². The van der Waals surface area contributed by atoms with E-state index in [9.17, 15) is 9.90 Å². The minimum Gasteiger partial charge on any atom is -0.505 e. The number of nitrogens with zero attached hydrogens (tertiary/aromatic N) is 2. The number of phenols is 1. The highest BCUT2D eigenvalue weighted by Gasteiger charge is 2.16. The lowest BCUT2D eigenvalue weighted by Gasteiger charge is -2.10. The van der Waals surface area contributed by atoms with Gasteiger partial charge in [0.05, 0.1) is 34.7 Å². The first-order chi connectivity index (χ1) is 15.4. The number of phenolic OH excluding ortho intramolecular Hbond substituents is 1. The van der Waals surface area contributed by atoms with Crippen molar-refractivity contribution in [1.82, 2.24) is 0 Å². The number of nitrogens with one attached hydrogen (secondary N) is 1. The highest BCUT2D eigenvalue weighted by atomic mass is 32.2. The Kier molecular flexibility index (Phi) is 8.38. The monoisotopic (exact) mass is 479 g/mol. The van der Waals surface area contributed by atoms with Crippen LogP contribution in [0, 0.1) is 6.92 Å². The molecule has 168 valence electrons. The summed E-state index contributed by atoms with van der Waals surface area (Å²) in [4.78, 5) is 12.2. The smallest absolute Gasteiger partial charge is 0.221 e. The van der Waals surface area contributed by atoms with E-state index in [-0.39, 0.29) is 22.2 Å². The van der Waals surface area contributed by atoms with Gasteiger partial charge >= 0.3 is 0 Å². The van der Waals surface area contributed by atoms with Crippen LogP contribution in [0.15, 0.2) is 62.5 Å². The predicted octanol–water partition coefficient (Wildman–Crippen LogP) is 6.08. The number of aryl methyl sites for hydroxylation is 1. The number of rotatable bonds is 9. The fourth-order valence-corrected chi connectivity index (χ4v) is 3.71. The van der Waals surface area contributed by atoms with Crippen LogP contribution in [0.25, 0.3) is 10.8 Å². The molecule has 0 aliphatic rings. The van der Waals surface area contributed by atoms with E-state index in [1.165, 1.54) is 6.92 Å². The SMILES string of the molecule is CC(=O)Nc1ccc2c(O)c(N=Nc3ccc(C)c(SOOO)c3)c(SOOO)cc2c1. The van der Waals surface area contributed by atoms with Crippen molar-refractivity contribution in [2.45, 2.75) is 23.6 Å². The van der Waals surface area contributed by atoms with Crippen molar-refractivity contribution in [2.24, 2.45) is 10.2 Å². The number of anilines is 1. The molecule has 13 heteroatoms. The lowest BCUT2D eigenvalue weighted by molar-refractivity contribution is -0.432. The topological polar surface area (TPSA) is 151 Å². The molecule has 0 saturated carbocycles. The zero-order chi connectivity index (χ0) is 23.1. The van der Waals surface area contributed by atoms with Crippen molar-refractivity contribution in [2.75, 3.05) is 5.32 Å². The molecule has 11 nitrogen and oxygen atoms in total. The number of aromatic hydroxyl groups is 1. The first-order valence-corrected chi connectivity index (χ1v) is 10.3. The van der Waals surface area contributed by atoms with Gasteiger partial charge in [-0.15, -0.1) is 13.8 Å². The molecule has 3 aromatic carbocycles. The van der Waals surface area contributed by atoms with Crippen LogP contribution in [0.1, 0.15) is 12.5 Å². The lowest BCUT2D eigenvalue weighted by Crippen LogP contribution is -2.05. The van der Waals surface area contributed by atoms with Gasteiger partial charge in [-0.05, 0) is 54.3 Å². The van der Waals surface area contributed by atoms with Gasteiger partial charge in [0.25, 0.3) is 0 Å². The largest absolute Gasteiger partial charge is 0.505 e. The van der Waals surface area contributed by atoms with Gasteiger partial charge in [0.15, 0.2) is 5.75 Å². The molecule has 0 heterocycles. The van der Waals surface area contributed by atoms with Gasteiger partial charge in [-0.1, -0.05) is 16.1 Å². The molecule has 0 spiro atoms. The van der Waals surface area contributed by atoms with Gasteiger partial charge in [-0.25, -0.2) is 10.5 Å². The number of azo groups is 1. The van der Waals surface area contributed by atoms with Crippen LogP contribution in [-0.4, -0.2) is 21.5 Å². The summed E-state index contributed by atoms with van der Waals surface area (Å²) >= 11 is 1.39. The van der Waals surface area contributed by atoms with Crippen LogP contribution in [-0.2, 0) is 23.5 Å². The zero-order valence-corrected chi connectivity index (χ0v) is 18.3. The quantitative estimate of drug-likeness (QED) is 0.123. The van der Waals surface area contributed by atoms with E-state index in [2.05, 4.69) is 34.3 Å². The maximum Gasteiger partial charge on any atom is 0.221 e. The van der Waals surface area contributed by atoms with Crippen LogP contribution in [0.4, 0.5) is 17.1 Å². The Morgan fingerprint density at radius 1 is 0.969 bits per heavy atom. The molecule has 0 unspecified atom stereocenters. The van der Waals surface area contributed by atoms with Crippen molar-refractivity contribution in [1.29, 1.82) is 0 Å². The van der Waals surface area contributed by atoms with E-state index >= 15 is 0 Å². The number of hydrogen-bond acceptors (Lipinski definition) is 12. The predicted molar refractivity (Wildman–Crippen MR) is 117 cm³/mol. The van der Waals surface area contributed by atoms with E-state index in [0.717, 1.165) is 17.6 Å². The molecule has 0 radical (unpaired) electrons. The lowest BCUT2D eigenvalue weighted by atomic mass is 10.1.